The van der Waals surface area contributed by atoms with Crippen LogP contribution < -0.4 is 10.1 Å². The first kappa shape index (κ1) is 14.4. The molecule has 0 aliphatic rings. The molecule has 1 rings (SSSR count). The zero-order valence-corrected chi connectivity index (χ0v) is 12.4. The fourth-order valence-corrected chi connectivity index (χ4v) is 1.70. The summed E-state index contributed by atoms with van der Waals surface area (Å²) in [6.07, 6.45) is 0.173. The van der Waals surface area contributed by atoms with E-state index in [2.05, 4.69) is 57.1 Å². The average Bonchev–Trinajstić information content (AvgIpc) is 2.61. The minimum atomic E-state index is 0.0952. The molecule has 1 aromatic rings. The van der Waals surface area contributed by atoms with Crippen molar-refractivity contribution in [1.29, 1.82) is 0 Å². The first-order chi connectivity index (χ1) is 7.78. The van der Waals surface area contributed by atoms with Crippen LogP contribution in [0.4, 0.5) is 0 Å². The van der Waals surface area contributed by atoms with Crippen LogP contribution in [0, 0.1) is 5.92 Å². The number of aromatic nitrogens is 2. The molecule has 0 radical (unpaired) electrons. The van der Waals surface area contributed by atoms with Gasteiger partial charge in [0.25, 0.3) is 5.19 Å². The molecule has 1 atom stereocenters. The average molecular weight is 257 g/mol. The monoisotopic (exact) mass is 257 g/mol. The minimum absolute atomic E-state index is 0.0952. The van der Waals surface area contributed by atoms with Gasteiger partial charge in [-0.3, -0.25) is 0 Å². The Labute approximate surface area is 108 Å². The summed E-state index contributed by atoms with van der Waals surface area (Å²) in [7, 11) is 0. The predicted molar refractivity (Wildman–Crippen MR) is 71.4 cm³/mol. The first-order valence-corrected chi connectivity index (χ1v) is 6.83. The van der Waals surface area contributed by atoms with E-state index in [1.54, 1.807) is 0 Å². The van der Waals surface area contributed by atoms with Gasteiger partial charge < -0.3 is 10.1 Å². The van der Waals surface area contributed by atoms with Crippen LogP contribution in [0.25, 0.3) is 0 Å². The Morgan fingerprint density at radius 2 is 1.88 bits per heavy atom. The van der Waals surface area contributed by atoms with Crippen LogP contribution in [0.2, 0.25) is 0 Å². The van der Waals surface area contributed by atoms with Crippen molar-refractivity contribution in [2.24, 2.45) is 5.92 Å². The molecule has 1 unspecified atom stereocenters. The number of rotatable bonds is 5. The number of ether oxygens (including phenoxy) is 1. The van der Waals surface area contributed by atoms with Crippen molar-refractivity contribution in [3.8, 4) is 5.19 Å². The molecule has 5 heteroatoms. The van der Waals surface area contributed by atoms with Gasteiger partial charge in [-0.2, -0.15) is 0 Å². The van der Waals surface area contributed by atoms with Crippen molar-refractivity contribution in [1.82, 2.24) is 15.5 Å². The largest absolute Gasteiger partial charge is 0.466 e. The SMILES string of the molecule is CC(C)C(C)Oc1nnc(CNC(C)(C)C)s1. The van der Waals surface area contributed by atoms with Crippen LogP contribution in [-0.4, -0.2) is 21.8 Å². The number of nitrogens with one attached hydrogen (secondary N) is 1. The summed E-state index contributed by atoms with van der Waals surface area (Å²) in [6, 6.07) is 0. The van der Waals surface area contributed by atoms with Crippen molar-refractivity contribution in [3.05, 3.63) is 5.01 Å². The Hall–Kier alpha value is -0.680. The number of hydrogen-bond donors (Lipinski definition) is 1. The molecular weight excluding hydrogens is 234 g/mol. The molecule has 4 nitrogen and oxygen atoms in total. The molecule has 0 bridgehead atoms. The van der Waals surface area contributed by atoms with Crippen molar-refractivity contribution >= 4 is 11.3 Å². The van der Waals surface area contributed by atoms with Crippen LogP contribution >= 0.6 is 11.3 Å². The molecule has 98 valence electrons. The molecular formula is C12H23N3OS. The lowest BCUT2D eigenvalue weighted by molar-refractivity contribution is 0.168. The van der Waals surface area contributed by atoms with Gasteiger partial charge in [-0.05, 0) is 33.6 Å². The predicted octanol–water partition coefficient (Wildman–Crippen LogP) is 2.85. The van der Waals surface area contributed by atoms with Gasteiger partial charge in [0.15, 0.2) is 0 Å². The zero-order chi connectivity index (χ0) is 13.1. The molecule has 1 heterocycles. The van der Waals surface area contributed by atoms with Crippen LogP contribution in [0.5, 0.6) is 5.19 Å². The second kappa shape index (κ2) is 5.78. The maximum absolute atomic E-state index is 5.71. The highest BCUT2D eigenvalue weighted by molar-refractivity contribution is 7.13. The standard InChI is InChI=1S/C12H23N3OS/c1-8(2)9(3)16-11-15-14-10(17-11)7-13-12(4,5)6/h8-9,13H,7H2,1-6H3. The highest BCUT2D eigenvalue weighted by Gasteiger charge is 2.14. The van der Waals surface area contributed by atoms with Crippen molar-refractivity contribution in [3.63, 3.8) is 0 Å². The fourth-order valence-electron chi connectivity index (χ4n) is 0.993. The Kier molecular flexibility index (Phi) is 4.89. The van der Waals surface area contributed by atoms with Crippen LogP contribution in [0.15, 0.2) is 0 Å². The molecule has 1 N–H and O–H groups in total. The minimum Gasteiger partial charge on any atom is -0.466 e. The van der Waals surface area contributed by atoms with E-state index in [1.165, 1.54) is 11.3 Å². The van der Waals surface area contributed by atoms with E-state index in [0.717, 1.165) is 11.6 Å². The fraction of sp³-hybridized carbons (Fsp3) is 0.833. The molecule has 0 aromatic carbocycles. The maximum Gasteiger partial charge on any atom is 0.294 e. The summed E-state index contributed by atoms with van der Waals surface area (Å²) in [4.78, 5) is 0. The summed E-state index contributed by atoms with van der Waals surface area (Å²) in [5.74, 6) is 0.482. The normalized spacial score (nSPS) is 14.1. The van der Waals surface area contributed by atoms with Gasteiger partial charge in [-0.15, -0.1) is 5.10 Å². The van der Waals surface area contributed by atoms with Gasteiger partial charge >= 0.3 is 0 Å². The highest BCUT2D eigenvalue weighted by atomic mass is 32.1. The van der Waals surface area contributed by atoms with E-state index in [9.17, 15) is 0 Å². The molecule has 0 amide bonds. The van der Waals surface area contributed by atoms with E-state index in [4.69, 9.17) is 4.74 Å². The third-order valence-electron chi connectivity index (χ3n) is 2.44. The highest BCUT2D eigenvalue weighted by Crippen LogP contribution is 2.21. The molecule has 0 aliphatic heterocycles. The number of nitrogens with zero attached hydrogens (tertiary/aromatic N) is 2. The molecule has 0 saturated carbocycles. The summed E-state index contributed by atoms with van der Waals surface area (Å²) in [5, 5.41) is 13.2. The topological polar surface area (TPSA) is 47.0 Å². The Morgan fingerprint density at radius 1 is 1.24 bits per heavy atom. The third kappa shape index (κ3) is 5.46. The smallest absolute Gasteiger partial charge is 0.294 e. The van der Waals surface area contributed by atoms with E-state index < -0.39 is 0 Å². The van der Waals surface area contributed by atoms with Crippen LogP contribution in [0.1, 0.15) is 46.6 Å². The number of hydrogen-bond acceptors (Lipinski definition) is 5. The van der Waals surface area contributed by atoms with Crippen molar-refractivity contribution in [2.75, 3.05) is 0 Å². The lowest BCUT2D eigenvalue weighted by Crippen LogP contribution is -2.35. The molecule has 17 heavy (non-hydrogen) atoms. The Morgan fingerprint density at radius 3 is 2.41 bits per heavy atom. The van der Waals surface area contributed by atoms with Crippen molar-refractivity contribution in [2.45, 2.75) is 59.7 Å². The second-order valence-corrected chi connectivity index (χ2v) is 6.66. The van der Waals surface area contributed by atoms with Gasteiger partial charge in [0, 0.05) is 5.54 Å². The van der Waals surface area contributed by atoms with Gasteiger partial charge in [-0.25, -0.2) is 0 Å². The van der Waals surface area contributed by atoms with Gasteiger partial charge in [0.05, 0.1) is 6.54 Å². The van der Waals surface area contributed by atoms with Crippen LogP contribution in [-0.2, 0) is 6.54 Å². The summed E-state index contributed by atoms with van der Waals surface area (Å²) < 4.78 is 5.71. The summed E-state index contributed by atoms with van der Waals surface area (Å²) in [6.45, 7) is 13.5. The Bertz CT molecular complexity index is 344. The second-order valence-electron chi connectivity index (χ2n) is 5.63. The molecule has 0 aliphatic carbocycles. The summed E-state index contributed by atoms with van der Waals surface area (Å²) >= 11 is 1.51. The third-order valence-corrected chi connectivity index (χ3v) is 3.26. The quantitative estimate of drug-likeness (QED) is 0.881. The molecule has 1 aromatic heterocycles. The summed E-state index contributed by atoms with van der Waals surface area (Å²) in [5.41, 5.74) is 0.0952. The Balaban J connectivity index is 2.48. The molecule has 0 fully saturated rings. The van der Waals surface area contributed by atoms with E-state index in [0.29, 0.717) is 11.1 Å². The lowest BCUT2D eigenvalue weighted by atomic mass is 10.1. The first-order valence-electron chi connectivity index (χ1n) is 6.02. The van der Waals surface area contributed by atoms with E-state index in [-0.39, 0.29) is 11.6 Å². The van der Waals surface area contributed by atoms with E-state index in [1.807, 2.05) is 0 Å². The zero-order valence-electron chi connectivity index (χ0n) is 11.6. The van der Waals surface area contributed by atoms with Crippen molar-refractivity contribution < 1.29 is 4.74 Å². The van der Waals surface area contributed by atoms with Gasteiger partial charge in [0.2, 0.25) is 0 Å². The van der Waals surface area contributed by atoms with Gasteiger partial charge in [-0.1, -0.05) is 30.3 Å². The van der Waals surface area contributed by atoms with E-state index >= 15 is 0 Å². The lowest BCUT2D eigenvalue weighted by Gasteiger charge is -2.19. The molecule has 0 saturated heterocycles. The van der Waals surface area contributed by atoms with Crippen LogP contribution in [0.3, 0.4) is 0 Å². The van der Waals surface area contributed by atoms with Gasteiger partial charge in [0.1, 0.15) is 11.1 Å². The maximum atomic E-state index is 5.71. The molecule has 0 spiro atoms.